The average molecular weight is 201 g/mol. The number of aliphatic hydroxyl groups excluding tert-OH is 1. The van der Waals surface area contributed by atoms with Gasteiger partial charge in [-0.25, -0.2) is 0 Å². The smallest absolute Gasteiger partial charge is 0.192 e. The van der Waals surface area contributed by atoms with Crippen molar-refractivity contribution in [1.29, 1.82) is 5.26 Å². The molecule has 1 atom stereocenters. The molecule has 0 saturated heterocycles. The van der Waals surface area contributed by atoms with E-state index in [9.17, 15) is 0 Å². The normalized spacial score (nSPS) is 15.2. The molecular formula is C9H19NO2Si. The molecule has 13 heavy (non-hydrogen) atoms. The van der Waals surface area contributed by atoms with Crippen molar-refractivity contribution >= 4 is 8.32 Å². The van der Waals surface area contributed by atoms with Gasteiger partial charge in [-0.1, -0.05) is 20.8 Å². The summed E-state index contributed by atoms with van der Waals surface area (Å²) < 4.78 is 5.61. The second-order valence-corrected chi connectivity index (χ2v) is 9.53. The molecule has 0 aromatic carbocycles. The summed E-state index contributed by atoms with van der Waals surface area (Å²) in [5.74, 6) is 0. The Balaban J connectivity index is 4.14. The predicted octanol–water partition coefficient (Wildman–Crippen LogP) is 1.89. The van der Waals surface area contributed by atoms with Crippen LogP contribution in [0.4, 0.5) is 0 Å². The van der Waals surface area contributed by atoms with Gasteiger partial charge in [-0.05, 0) is 18.1 Å². The lowest BCUT2D eigenvalue weighted by molar-refractivity contribution is 0.140. The molecule has 4 heteroatoms. The number of hydrogen-bond acceptors (Lipinski definition) is 3. The van der Waals surface area contributed by atoms with Crippen LogP contribution in [0.25, 0.3) is 0 Å². The van der Waals surface area contributed by atoms with Crippen LogP contribution in [-0.4, -0.2) is 26.1 Å². The zero-order valence-electron chi connectivity index (χ0n) is 9.09. The van der Waals surface area contributed by atoms with Crippen LogP contribution < -0.4 is 0 Å². The standard InChI is InChI=1S/C9H19NO2Si/c1-9(2,3)13(4,5)12-7-8(11)6-10/h8,11H,7H2,1-5H3/t8-/m0/s1. The van der Waals surface area contributed by atoms with Gasteiger partial charge in [0.25, 0.3) is 0 Å². The molecule has 0 aliphatic carbocycles. The van der Waals surface area contributed by atoms with E-state index >= 15 is 0 Å². The Labute approximate surface area is 81.5 Å². The zero-order chi connectivity index (χ0) is 10.7. The van der Waals surface area contributed by atoms with Crippen LogP contribution >= 0.6 is 0 Å². The maximum absolute atomic E-state index is 9.02. The van der Waals surface area contributed by atoms with Gasteiger partial charge >= 0.3 is 0 Å². The van der Waals surface area contributed by atoms with E-state index in [1.165, 1.54) is 0 Å². The van der Waals surface area contributed by atoms with Crippen molar-refractivity contribution in [3.05, 3.63) is 0 Å². The third kappa shape index (κ3) is 3.90. The molecule has 0 aromatic rings. The van der Waals surface area contributed by atoms with E-state index in [0.717, 1.165) is 0 Å². The summed E-state index contributed by atoms with van der Waals surface area (Å²) in [5.41, 5.74) is 0. The molecule has 0 radical (unpaired) electrons. The molecule has 0 spiro atoms. The van der Waals surface area contributed by atoms with Crippen molar-refractivity contribution in [2.24, 2.45) is 0 Å². The first-order chi connectivity index (χ1) is 5.70. The van der Waals surface area contributed by atoms with Crippen LogP contribution in [0.1, 0.15) is 20.8 Å². The fourth-order valence-electron chi connectivity index (χ4n) is 0.541. The summed E-state index contributed by atoms with van der Waals surface area (Å²) in [5, 5.41) is 17.5. The van der Waals surface area contributed by atoms with Crippen LogP contribution in [0, 0.1) is 11.3 Å². The topological polar surface area (TPSA) is 53.2 Å². The largest absolute Gasteiger partial charge is 0.413 e. The summed E-state index contributed by atoms with van der Waals surface area (Å²) in [7, 11) is -1.80. The van der Waals surface area contributed by atoms with Crippen LogP contribution in [0.2, 0.25) is 18.1 Å². The maximum Gasteiger partial charge on any atom is 0.192 e. The van der Waals surface area contributed by atoms with Crippen molar-refractivity contribution in [3.8, 4) is 6.07 Å². The third-order valence-corrected chi connectivity index (χ3v) is 7.06. The van der Waals surface area contributed by atoms with Crippen molar-refractivity contribution in [1.82, 2.24) is 0 Å². The number of rotatable bonds is 3. The first-order valence-corrected chi connectivity index (χ1v) is 7.33. The third-order valence-electron chi connectivity index (χ3n) is 2.56. The zero-order valence-corrected chi connectivity index (χ0v) is 10.1. The second-order valence-electron chi connectivity index (χ2n) is 4.72. The molecule has 0 aromatic heterocycles. The van der Waals surface area contributed by atoms with Gasteiger partial charge in [0, 0.05) is 0 Å². The van der Waals surface area contributed by atoms with Crippen LogP contribution in [0.3, 0.4) is 0 Å². The fraction of sp³-hybridized carbons (Fsp3) is 0.889. The van der Waals surface area contributed by atoms with E-state index in [0.29, 0.717) is 0 Å². The van der Waals surface area contributed by atoms with Crippen LogP contribution in [0.15, 0.2) is 0 Å². The number of aliphatic hydroxyl groups is 1. The SMILES string of the molecule is CC(C)(C)[Si](C)(C)OC[C@@H](O)C#N. The van der Waals surface area contributed by atoms with E-state index in [2.05, 4.69) is 33.9 Å². The molecule has 76 valence electrons. The van der Waals surface area contributed by atoms with Crippen LogP contribution in [0.5, 0.6) is 0 Å². The first-order valence-electron chi connectivity index (χ1n) is 4.42. The van der Waals surface area contributed by atoms with E-state index in [4.69, 9.17) is 14.8 Å². The Kier molecular flexibility index (Phi) is 4.10. The highest BCUT2D eigenvalue weighted by molar-refractivity contribution is 6.74. The molecule has 0 bridgehead atoms. The second kappa shape index (κ2) is 4.23. The lowest BCUT2D eigenvalue weighted by Gasteiger charge is -2.36. The minimum absolute atomic E-state index is 0.127. The van der Waals surface area contributed by atoms with Gasteiger partial charge in [0.15, 0.2) is 14.4 Å². The Morgan fingerprint density at radius 3 is 2.23 bits per heavy atom. The monoisotopic (exact) mass is 201 g/mol. The lowest BCUT2D eigenvalue weighted by atomic mass is 10.2. The van der Waals surface area contributed by atoms with Gasteiger partial charge in [-0.2, -0.15) is 5.26 Å². The minimum Gasteiger partial charge on any atom is -0.413 e. The summed E-state index contributed by atoms with van der Waals surface area (Å²) >= 11 is 0. The summed E-state index contributed by atoms with van der Waals surface area (Å²) in [6.45, 7) is 10.7. The van der Waals surface area contributed by atoms with E-state index in [1.54, 1.807) is 6.07 Å². The Hall–Kier alpha value is -0.373. The Morgan fingerprint density at radius 2 is 1.92 bits per heavy atom. The molecule has 1 N–H and O–H groups in total. The van der Waals surface area contributed by atoms with E-state index < -0.39 is 14.4 Å². The lowest BCUT2D eigenvalue weighted by Crippen LogP contribution is -2.42. The van der Waals surface area contributed by atoms with Gasteiger partial charge in [0.2, 0.25) is 0 Å². The van der Waals surface area contributed by atoms with Gasteiger partial charge in [-0.15, -0.1) is 0 Å². The molecular weight excluding hydrogens is 182 g/mol. The highest BCUT2D eigenvalue weighted by Crippen LogP contribution is 2.36. The number of nitriles is 1. The summed E-state index contributed by atoms with van der Waals surface area (Å²) in [6, 6.07) is 1.74. The average Bonchev–Trinajstić information content (AvgIpc) is 1.98. The Bertz CT molecular complexity index is 203. The summed E-state index contributed by atoms with van der Waals surface area (Å²) in [6.07, 6.45) is -0.992. The van der Waals surface area contributed by atoms with Crippen molar-refractivity contribution in [2.45, 2.75) is 45.0 Å². The Morgan fingerprint density at radius 1 is 1.46 bits per heavy atom. The molecule has 0 aliphatic rings. The van der Waals surface area contributed by atoms with Gasteiger partial charge < -0.3 is 9.53 Å². The quantitative estimate of drug-likeness (QED) is 0.560. The molecule has 0 fully saturated rings. The highest BCUT2D eigenvalue weighted by atomic mass is 28.4. The number of hydrogen-bond donors (Lipinski definition) is 1. The molecule has 0 unspecified atom stereocenters. The van der Waals surface area contributed by atoms with Gasteiger partial charge in [-0.3, -0.25) is 0 Å². The predicted molar refractivity (Wildman–Crippen MR) is 54.8 cm³/mol. The van der Waals surface area contributed by atoms with Crippen molar-refractivity contribution in [2.75, 3.05) is 6.61 Å². The van der Waals surface area contributed by atoms with Gasteiger partial charge in [0.05, 0.1) is 12.7 Å². The highest BCUT2D eigenvalue weighted by Gasteiger charge is 2.37. The number of nitrogens with zero attached hydrogens (tertiary/aromatic N) is 1. The fourth-order valence-corrected chi connectivity index (χ4v) is 1.55. The minimum atomic E-state index is -1.80. The molecule has 0 aliphatic heterocycles. The van der Waals surface area contributed by atoms with Crippen LogP contribution in [-0.2, 0) is 4.43 Å². The van der Waals surface area contributed by atoms with Crippen molar-refractivity contribution in [3.63, 3.8) is 0 Å². The molecule has 3 nitrogen and oxygen atoms in total. The molecule has 0 saturated carbocycles. The van der Waals surface area contributed by atoms with Gasteiger partial charge in [0.1, 0.15) is 0 Å². The van der Waals surface area contributed by atoms with E-state index in [1.807, 2.05) is 0 Å². The van der Waals surface area contributed by atoms with Crippen molar-refractivity contribution < 1.29 is 9.53 Å². The first kappa shape index (κ1) is 12.6. The molecule has 0 heterocycles. The maximum atomic E-state index is 9.02. The molecule has 0 amide bonds. The van der Waals surface area contributed by atoms with E-state index in [-0.39, 0.29) is 11.6 Å². The molecule has 0 rings (SSSR count). The summed E-state index contributed by atoms with van der Waals surface area (Å²) in [4.78, 5) is 0.